The van der Waals surface area contributed by atoms with Crippen molar-refractivity contribution in [2.75, 3.05) is 0 Å². The van der Waals surface area contributed by atoms with Crippen LogP contribution in [0.4, 0.5) is 0 Å². The van der Waals surface area contributed by atoms with Gasteiger partial charge < -0.3 is 11.3 Å². The molecule has 0 aliphatic heterocycles. The molecule has 0 radical (unpaired) electrons. The maximum atomic E-state index is 9.00. The van der Waals surface area contributed by atoms with Crippen LogP contribution in [0.3, 0.4) is 0 Å². The smallest absolute Gasteiger partial charge is 0.300 e. The number of carboxylic acid groups (broad SMARTS) is 1. The van der Waals surface area contributed by atoms with Gasteiger partial charge in [0.25, 0.3) is 5.97 Å². The molecule has 0 bridgehead atoms. The Morgan fingerprint density at radius 1 is 1.43 bits per heavy atom. The van der Waals surface area contributed by atoms with Crippen LogP contribution in [-0.2, 0) is 4.79 Å². The number of hydrogen-bond acceptors (Lipinski definition) is 2. The highest BCUT2D eigenvalue weighted by Crippen LogP contribution is 1.42. The molecule has 0 aromatic heterocycles. The van der Waals surface area contributed by atoms with E-state index in [1.807, 2.05) is 13.8 Å². The van der Waals surface area contributed by atoms with Gasteiger partial charge in [-0.2, -0.15) is 0 Å². The highest BCUT2D eigenvalue weighted by Gasteiger charge is 1.65. The molecule has 4 N–H and O–H groups in total. The van der Waals surface area contributed by atoms with Gasteiger partial charge in [0.15, 0.2) is 0 Å². The van der Waals surface area contributed by atoms with E-state index in [9.17, 15) is 0 Å². The Morgan fingerprint density at radius 2 is 1.43 bits per heavy atom. The van der Waals surface area contributed by atoms with Crippen molar-refractivity contribution in [2.24, 2.45) is 0 Å². The van der Waals surface area contributed by atoms with Crippen LogP contribution in [0.25, 0.3) is 0 Å². The van der Waals surface area contributed by atoms with E-state index >= 15 is 0 Å². The summed E-state index contributed by atoms with van der Waals surface area (Å²) in [7, 11) is 0. The predicted molar refractivity (Wildman–Crippen MR) is 29.7 cm³/mol. The first-order valence-corrected chi connectivity index (χ1v) is 1.93. The first-order valence-electron chi connectivity index (χ1n) is 1.93. The van der Waals surface area contributed by atoms with Crippen LogP contribution in [0.5, 0.6) is 0 Å². The summed E-state index contributed by atoms with van der Waals surface area (Å²) < 4.78 is 0. The van der Waals surface area contributed by atoms with E-state index in [0.29, 0.717) is 0 Å². The van der Waals surface area contributed by atoms with Gasteiger partial charge in [0.05, 0.1) is 0 Å². The lowest BCUT2D eigenvalue weighted by molar-refractivity contribution is -0.134. The van der Waals surface area contributed by atoms with Crippen molar-refractivity contribution in [3.05, 3.63) is 0 Å². The molecule has 0 heterocycles. The average Bonchev–Trinajstić information content (AvgIpc) is 1.41. The SMILES string of the molecule is CC.CC(=O)O.N. The second-order valence-electron chi connectivity index (χ2n) is 0.519. The Kier molecular flexibility index (Phi) is 41.5. The van der Waals surface area contributed by atoms with Crippen molar-refractivity contribution in [3.63, 3.8) is 0 Å². The first-order chi connectivity index (χ1) is 2.73. The quantitative estimate of drug-likeness (QED) is 0.489. The van der Waals surface area contributed by atoms with Gasteiger partial charge in [-0.05, 0) is 0 Å². The van der Waals surface area contributed by atoms with E-state index in [1.165, 1.54) is 0 Å². The van der Waals surface area contributed by atoms with Crippen LogP contribution in [0, 0.1) is 0 Å². The Morgan fingerprint density at radius 3 is 1.43 bits per heavy atom. The highest BCUT2D eigenvalue weighted by molar-refractivity contribution is 5.62. The zero-order valence-electron chi connectivity index (χ0n) is 5.06. The van der Waals surface area contributed by atoms with Gasteiger partial charge in [-0.1, -0.05) is 13.8 Å². The van der Waals surface area contributed by atoms with Crippen molar-refractivity contribution in [1.29, 1.82) is 0 Å². The number of aliphatic carboxylic acids is 1. The fourth-order valence-corrected chi connectivity index (χ4v) is 0. The van der Waals surface area contributed by atoms with Gasteiger partial charge in [-0.15, -0.1) is 0 Å². The van der Waals surface area contributed by atoms with Gasteiger partial charge in [0.1, 0.15) is 0 Å². The number of carbonyl (C=O) groups is 1. The summed E-state index contributed by atoms with van der Waals surface area (Å²) in [5, 5.41) is 7.42. The molecule has 0 aromatic rings. The molecule has 0 aliphatic rings. The second-order valence-corrected chi connectivity index (χ2v) is 0.519. The molecule has 0 aliphatic carbocycles. The Balaban J connectivity index is -0.0000000480. The summed E-state index contributed by atoms with van der Waals surface area (Å²) in [4.78, 5) is 9.00. The third kappa shape index (κ3) is 197. The van der Waals surface area contributed by atoms with Crippen LogP contribution in [0.2, 0.25) is 0 Å². The standard InChI is InChI=1S/C2H4O2.C2H6.H3N/c1-2(3)4;1-2;/h1H3,(H,3,4);1-2H3;1H3. The summed E-state index contributed by atoms with van der Waals surface area (Å²) in [6, 6.07) is 0. The molecule has 46 valence electrons. The molecule has 0 aromatic carbocycles. The van der Waals surface area contributed by atoms with Crippen molar-refractivity contribution >= 4 is 5.97 Å². The maximum absolute atomic E-state index is 9.00. The minimum Gasteiger partial charge on any atom is -0.481 e. The lowest BCUT2D eigenvalue weighted by atomic mass is 10.9. The largest absolute Gasteiger partial charge is 0.481 e. The summed E-state index contributed by atoms with van der Waals surface area (Å²) in [6.07, 6.45) is 0. The molecular weight excluding hydrogens is 94.0 g/mol. The van der Waals surface area contributed by atoms with E-state index < -0.39 is 5.97 Å². The zero-order valence-corrected chi connectivity index (χ0v) is 5.06. The Labute approximate surface area is 43.9 Å². The van der Waals surface area contributed by atoms with Crippen LogP contribution < -0.4 is 6.15 Å². The minimum absolute atomic E-state index is 0. The van der Waals surface area contributed by atoms with E-state index in [2.05, 4.69) is 0 Å². The average molecular weight is 107 g/mol. The molecule has 0 fully saturated rings. The molecule has 0 saturated heterocycles. The molecule has 0 rings (SSSR count). The van der Waals surface area contributed by atoms with Crippen molar-refractivity contribution in [2.45, 2.75) is 20.8 Å². The second kappa shape index (κ2) is 18.0. The fraction of sp³-hybridized carbons (Fsp3) is 0.750. The van der Waals surface area contributed by atoms with E-state index in [-0.39, 0.29) is 6.15 Å². The normalized spacial score (nSPS) is 4.43. The van der Waals surface area contributed by atoms with Crippen LogP contribution >= 0.6 is 0 Å². The number of hydrogen-bond donors (Lipinski definition) is 2. The molecule has 7 heavy (non-hydrogen) atoms. The van der Waals surface area contributed by atoms with Gasteiger partial charge in [-0.25, -0.2) is 0 Å². The third-order valence-corrected chi connectivity index (χ3v) is 0. The van der Waals surface area contributed by atoms with Crippen LogP contribution in [0.15, 0.2) is 0 Å². The molecular formula is C4H13NO2. The maximum Gasteiger partial charge on any atom is 0.300 e. The molecule has 0 spiro atoms. The monoisotopic (exact) mass is 107 g/mol. The molecule has 0 unspecified atom stereocenters. The minimum atomic E-state index is -0.833. The van der Waals surface area contributed by atoms with Gasteiger partial charge >= 0.3 is 0 Å². The molecule has 3 heteroatoms. The van der Waals surface area contributed by atoms with Gasteiger partial charge in [0.2, 0.25) is 0 Å². The molecule has 0 amide bonds. The summed E-state index contributed by atoms with van der Waals surface area (Å²) in [5.74, 6) is -0.833. The summed E-state index contributed by atoms with van der Waals surface area (Å²) >= 11 is 0. The lowest BCUT2D eigenvalue weighted by Gasteiger charge is -1.59. The van der Waals surface area contributed by atoms with Crippen molar-refractivity contribution in [3.8, 4) is 0 Å². The Bertz CT molecular complexity index is 32.7. The van der Waals surface area contributed by atoms with Crippen LogP contribution in [-0.4, -0.2) is 11.1 Å². The van der Waals surface area contributed by atoms with Crippen LogP contribution in [0.1, 0.15) is 20.8 Å². The third-order valence-electron chi connectivity index (χ3n) is 0. The molecule has 3 nitrogen and oxygen atoms in total. The van der Waals surface area contributed by atoms with Crippen molar-refractivity contribution < 1.29 is 9.90 Å². The van der Waals surface area contributed by atoms with Gasteiger partial charge in [0, 0.05) is 6.92 Å². The molecule has 0 atom stereocenters. The lowest BCUT2D eigenvalue weighted by Crippen LogP contribution is -1.78. The zero-order chi connectivity index (χ0) is 5.58. The van der Waals surface area contributed by atoms with Gasteiger partial charge in [-0.3, -0.25) is 4.79 Å². The van der Waals surface area contributed by atoms with E-state index in [1.54, 1.807) is 0 Å². The predicted octanol–water partition coefficient (Wildman–Crippen LogP) is 1.28. The molecule has 0 saturated carbocycles. The Hall–Kier alpha value is -0.570. The topological polar surface area (TPSA) is 72.3 Å². The first kappa shape index (κ1) is 16.1. The van der Waals surface area contributed by atoms with Crippen molar-refractivity contribution in [1.82, 2.24) is 6.15 Å². The summed E-state index contributed by atoms with van der Waals surface area (Å²) in [6.45, 7) is 5.08. The van der Waals surface area contributed by atoms with E-state index in [0.717, 1.165) is 6.92 Å². The fourth-order valence-electron chi connectivity index (χ4n) is 0. The number of carboxylic acids is 1. The van der Waals surface area contributed by atoms with E-state index in [4.69, 9.17) is 9.90 Å². The highest BCUT2D eigenvalue weighted by atomic mass is 16.4. The number of rotatable bonds is 0. The summed E-state index contributed by atoms with van der Waals surface area (Å²) in [5.41, 5.74) is 0.